The third-order valence-corrected chi connectivity index (χ3v) is 4.18. The topological polar surface area (TPSA) is 116 Å². The Balaban J connectivity index is 2.18. The van der Waals surface area contributed by atoms with E-state index in [0.29, 0.717) is 5.13 Å². The Morgan fingerprint density at radius 1 is 1.36 bits per heavy atom. The van der Waals surface area contributed by atoms with Crippen molar-refractivity contribution in [2.75, 3.05) is 19.0 Å². The summed E-state index contributed by atoms with van der Waals surface area (Å²) in [6, 6.07) is 2.86. The first-order valence-electron chi connectivity index (χ1n) is 7.37. The minimum absolute atomic E-state index is 0.120. The Kier molecular flexibility index (Phi) is 6.54. The summed E-state index contributed by atoms with van der Waals surface area (Å²) in [6.45, 7) is 1.68. The summed E-state index contributed by atoms with van der Waals surface area (Å²) in [4.78, 5) is 23.2. The Morgan fingerprint density at radius 3 is 2.76 bits per heavy atom. The molecule has 0 atom stereocenters. The van der Waals surface area contributed by atoms with Crippen LogP contribution >= 0.6 is 22.9 Å². The van der Waals surface area contributed by atoms with Crippen LogP contribution in [0.2, 0.25) is 5.02 Å². The number of aryl methyl sites for hydroxylation is 1. The molecule has 0 aliphatic carbocycles. The number of nitrogens with two attached hydrogens (primary N) is 1. The van der Waals surface area contributed by atoms with Crippen LogP contribution in [0.5, 0.6) is 11.5 Å². The van der Waals surface area contributed by atoms with Crippen molar-refractivity contribution in [3.63, 3.8) is 0 Å². The van der Waals surface area contributed by atoms with Crippen molar-refractivity contribution in [3.05, 3.63) is 27.7 Å². The van der Waals surface area contributed by atoms with E-state index < -0.39 is 11.8 Å². The highest BCUT2D eigenvalue weighted by Crippen LogP contribution is 2.36. The fraction of sp³-hybridized carbons (Fsp3) is 0.333. The van der Waals surface area contributed by atoms with Crippen molar-refractivity contribution in [1.82, 2.24) is 10.2 Å². The van der Waals surface area contributed by atoms with E-state index in [4.69, 9.17) is 26.8 Å². The number of halogens is 1. The van der Waals surface area contributed by atoms with Crippen molar-refractivity contribution >= 4 is 39.9 Å². The number of nitrogens with zero attached hydrogens (tertiary/aromatic N) is 2. The average molecular weight is 385 g/mol. The van der Waals surface area contributed by atoms with Gasteiger partial charge in [-0.2, -0.15) is 0 Å². The number of hydrogen-bond donors (Lipinski definition) is 2. The third kappa shape index (κ3) is 5.04. The second kappa shape index (κ2) is 8.63. The van der Waals surface area contributed by atoms with E-state index in [2.05, 4.69) is 15.5 Å². The Hall–Kier alpha value is -2.39. The highest BCUT2D eigenvalue weighted by molar-refractivity contribution is 7.15. The van der Waals surface area contributed by atoms with Crippen LogP contribution in [-0.4, -0.2) is 35.7 Å². The number of hydrogen-bond acceptors (Lipinski definition) is 7. The number of methoxy groups -OCH3 is 1. The van der Waals surface area contributed by atoms with Crippen LogP contribution in [-0.2, 0) is 11.2 Å². The molecule has 2 rings (SSSR count). The predicted octanol–water partition coefficient (Wildman–Crippen LogP) is 2.27. The standard InChI is InChI=1S/C15H17ClN4O4S/c1-3-4-12-19-20-15(25-12)18-14(22)8-5-9(16)13(10(6-8)23-2)24-7-11(17)21/h5-6H,3-4,7H2,1-2H3,(H2,17,21)(H,18,20,22). The van der Waals surface area contributed by atoms with Crippen molar-refractivity contribution < 1.29 is 19.1 Å². The zero-order valence-corrected chi connectivity index (χ0v) is 15.2. The fourth-order valence-electron chi connectivity index (χ4n) is 1.92. The molecule has 2 aromatic rings. The van der Waals surface area contributed by atoms with Crippen LogP contribution in [0, 0.1) is 0 Å². The maximum Gasteiger partial charge on any atom is 0.257 e. The number of primary amides is 1. The summed E-state index contributed by atoms with van der Waals surface area (Å²) < 4.78 is 10.4. The van der Waals surface area contributed by atoms with Crippen LogP contribution in [0.1, 0.15) is 28.7 Å². The van der Waals surface area contributed by atoms with Gasteiger partial charge in [-0.25, -0.2) is 0 Å². The lowest BCUT2D eigenvalue weighted by Crippen LogP contribution is -2.20. The molecule has 0 fully saturated rings. The SMILES string of the molecule is CCCc1nnc(NC(=O)c2cc(Cl)c(OCC(N)=O)c(OC)c2)s1. The number of carbonyl (C=O) groups excluding carboxylic acids is 2. The number of benzene rings is 1. The first-order chi connectivity index (χ1) is 11.9. The molecule has 8 nitrogen and oxygen atoms in total. The Morgan fingerprint density at radius 2 is 2.12 bits per heavy atom. The summed E-state index contributed by atoms with van der Waals surface area (Å²) in [5.74, 6) is -0.719. The first-order valence-corrected chi connectivity index (χ1v) is 8.56. The number of rotatable bonds is 8. The van der Waals surface area contributed by atoms with E-state index in [0.717, 1.165) is 17.8 Å². The molecule has 0 bridgehead atoms. The number of ether oxygens (including phenoxy) is 2. The van der Waals surface area contributed by atoms with Crippen molar-refractivity contribution in [2.24, 2.45) is 5.73 Å². The first kappa shape index (κ1) is 18.9. The number of carbonyl (C=O) groups is 2. The molecule has 0 radical (unpaired) electrons. The molecule has 2 amide bonds. The molecule has 0 saturated carbocycles. The highest BCUT2D eigenvalue weighted by Gasteiger charge is 2.17. The van der Waals surface area contributed by atoms with Gasteiger partial charge in [0.05, 0.1) is 12.1 Å². The number of nitrogens with one attached hydrogen (secondary N) is 1. The molecule has 10 heteroatoms. The largest absolute Gasteiger partial charge is 0.493 e. The molecule has 1 aromatic carbocycles. The van der Waals surface area contributed by atoms with Gasteiger partial charge in [0.25, 0.3) is 11.8 Å². The van der Waals surface area contributed by atoms with Crippen LogP contribution < -0.4 is 20.5 Å². The molecular weight excluding hydrogens is 368 g/mol. The van der Waals surface area contributed by atoms with Crippen molar-refractivity contribution in [1.29, 1.82) is 0 Å². The van der Waals surface area contributed by atoms with Gasteiger partial charge in [0.1, 0.15) is 5.01 Å². The molecule has 1 heterocycles. The lowest BCUT2D eigenvalue weighted by Gasteiger charge is -2.13. The van der Waals surface area contributed by atoms with E-state index in [-0.39, 0.29) is 28.7 Å². The second-order valence-corrected chi connectivity index (χ2v) is 6.42. The molecule has 0 spiro atoms. The third-order valence-electron chi connectivity index (χ3n) is 3.00. The van der Waals surface area contributed by atoms with Gasteiger partial charge in [-0.3, -0.25) is 14.9 Å². The zero-order valence-electron chi connectivity index (χ0n) is 13.7. The van der Waals surface area contributed by atoms with Gasteiger partial charge in [0, 0.05) is 12.0 Å². The normalized spacial score (nSPS) is 10.4. The van der Waals surface area contributed by atoms with Crippen LogP contribution in [0.4, 0.5) is 5.13 Å². The Bertz CT molecular complexity index is 781. The zero-order chi connectivity index (χ0) is 18.4. The molecule has 0 unspecified atom stereocenters. The summed E-state index contributed by atoms with van der Waals surface area (Å²) in [5, 5.41) is 12.0. The van der Waals surface area contributed by atoms with Gasteiger partial charge in [0.2, 0.25) is 5.13 Å². The minimum Gasteiger partial charge on any atom is -0.493 e. The maximum atomic E-state index is 12.4. The van der Waals surface area contributed by atoms with Gasteiger partial charge in [0.15, 0.2) is 18.1 Å². The van der Waals surface area contributed by atoms with Gasteiger partial charge in [-0.15, -0.1) is 10.2 Å². The van der Waals surface area contributed by atoms with Crippen LogP contribution in [0.3, 0.4) is 0 Å². The average Bonchev–Trinajstić information content (AvgIpc) is 3.00. The number of amides is 2. The molecule has 134 valence electrons. The van der Waals surface area contributed by atoms with Gasteiger partial charge in [-0.05, 0) is 18.6 Å². The molecule has 3 N–H and O–H groups in total. The monoisotopic (exact) mass is 384 g/mol. The predicted molar refractivity (Wildman–Crippen MR) is 94.6 cm³/mol. The van der Waals surface area contributed by atoms with Crippen molar-refractivity contribution in [3.8, 4) is 11.5 Å². The molecule has 1 aromatic heterocycles. The quantitative estimate of drug-likeness (QED) is 0.721. The van der Waals surface area contributed by atoms with E-state index in [1.54, 1.807) is 0 Å². The van der Waals surface area contributed by atoms with E-state index in [1.807, 2.05) is 6.92 Å². The molecular formula is C15H17ClN4O4S. The van der Waals surface area contributed by atoms with Gasteiger partial charge in [-0.1, -0.05) is 29.9 Å². The van der Waals surface area contributed by atoms with Gasteiger partial charge < -0.3 is 15.2 Å². The molecule has 0 aliphatic rings. The number of aromatic nitrogens is 2. The van der Waals surface area contributed by atoms with E-state index in [1.165, 1.54) is 30.6 Å². The molecule has 25 heavy (non-hydrogen) atoms. The molecule has 0 saturated heterocycles. The number of anilines is 1. The smallest absolute Gasteiger partial charge is 0.257 e. The lowest BCUT2D eigenvalue weighted by molar-refractivity contribution is -0.119. The molecule has 0 aliphatic heterocycles. The van der Waals surface area contributed by atoms with Gasteiger partial charge >= 0.3 is 0 Å². The summed E-state index contributed by atoms with van der Waals surface area (Å²) in [7, 11) is 1.40. The van der Waals surface area contributed by atoms with Crippen LogP contribution in [0.15, 0.2) is 12.1 Å². The summed E-state index contributed by atoms with van der Waals surface area (Å²) in [5.41, 5.74) is 5.30. The van der Waals surface area contributed by atoms with E-state index >= 15 is 0 Å². The lowest BCUT2D eigenvalue weighted by atomic mass is 10.2. The summed E-state index contributed by atoms with van der Waals surface area (Å²) >= 11 is 7.44. The van der Waals surface area contributed by atoms with Crippen molar-refractivity contribution in [2.45, 2.75) is 19.8 Å². The highest BCUT2D eigenvalue weighted by atomic mass is 35.5. The maximum absolute atomic E-state index is 12.4. The summed E-state index contributed by atoms with van der Waals surface area (Å²) in [6.07, 6.45) is 1.75. The van der Waals surface area contributed by atoms with E-state index in [9.17, 15) is 9.59 Å². The minimum atomic E-state index is -0.654. The Labute approximate surface area is 153 Å². The van der Waals surface area contributed by atoms with Crippen LogP contribution in [0.25, 0.3) is 0 Å². The second-order valence-electron chi connectivity index (χ2n) is 4.95. The fourth-order valence-corrected chi connectivity index (χ4v) is 3.02.